The lowest BCUT2D eigenvalue weighted by molar-refractivity contribution is 0.572. The molecule has 0 saturated heterocycles. The number of halogens is 1. The molecule has 66 valence electrons. The maximum atomic E-state index is 12.6. The maximum absolute atomic E-state index is 12.6. The van der Waals surface area contributed by atoms with Gasteiger partial charge in [-0.05, 0) is 24.3 Å². The third-order valence-electron chi connectivity index (χ3n) is 1.44. The van der Waals surface area contributed by atoms with Crippen LogP contribution in [0.4, 0.5) is 4.39 Å². The second-order valence-corrected chi connectivity index (χ2v) is 3.62. The second-order valence-electron chi connectivity index (χ2n) is 2.50. The molecular formula is C9H12FNS. The van der Waals surface area contributed by atoms with Crippen LogP contribution in [0.5, 0.6) is 0 Å². The summed E-state index contributed by atoms with van der Waals surface area (Å²) in [6.07, 6.45) is 2.32. The van der Waals surface area contributed by atoms with Crippen LogP contribution in [-0.2, 0) is 0 Å². The van der Waals surface area contributed by atoms with Crippen molar-refractivity contribution in [3.63, 3.8) is 0 Å². The van der Waals surface area contributed by atoms with Gasteiger partial charge >= 0.3 is 0 Å². The van der Waals surface area contributed by atoms with Crippen molar-refractivity contribution in [3.05, 3.63) is 24.1 Å². The lowest BCUT2D eigenvalue weighted by atomic mass is 10.4. The van der Waals surface area contributed by atoms with Crippen LogP contribution in [-0.4, -0.2) is 10.7 Å². The zero-order chi connectivity index (χ0) is 8.81. The van der Waals surface area contributed by atoms with Crippen molar-refractivity contribution < 1.29 is 4.39 Å². The van der Waals surface area contributed by atoms with Gasteiger partial charge in [0.15, 0.2) is 0 Å². The number of unbranched alkanes of at least 4 members (excludes halogenated alkanes) is 1. The predicted octanol–water partition coefficient (Wildman–Crippen LogP) is 3.11. The molecule has 0 atom stereocenters. The van der Waals surface area contributed by atoms with Crippen LogP contribution >= 0.6 is 11.8 Å². The lowest BCUT2D eigenvalue weighted by Crippen LogP contribution is -1.85. The molecule has 0 aliphatic carbocycles. The Labute approximate surface area is 76.4 Å². The first-order valence-electron chi connectivity index (χ1n) is 4.08. The van der Waals surface area contributed by atoms with Crippen molar-refractivity contribution in [2.24, 2.45) is 0 Å². The van der Waals surface area contributed by atoms with E-state index in [1.165, 1.54) is 12.5 Å². The van der Waals surface area contributed by atoms with E-state index >= 15 is 0 Å². The van der Waals surface area contributed by atoms with Gasteiger partial charge in [0, 0.05) is 0 Å². The van der Waals surface area contributed by atoms with Crippen LogP contribution in [0, 0.1) is 5.95 Å². The van der Waals surface area contributed by atoms with Crippen molar-refractivity contribution >= 4 is 11.8 Å². The summed E-state index contributed by atoms with van der Waals surface area (Å²) < 4.78 is 12.6. The average Bonchev–Trinajstić information content (AvgIpc) is 2.05. The van der Waals surface area contributed by atoms with Crippen molar-refractivity contribution in [1.29, 1.82) is 0 Å². The van der Waals surface area contributed by atoms with E-state index in [0.717, 1.165) is 17.2 Å². The minimum absolute atomic E-state index is 0.392. The number of thioether (sulfide) groups is 1. The van der Waals surface area contributed by atoms with Gasteiger partial charge in [-0.15, -0.1) is 11.8 Å². The van der Waals surface area contributed by atoms with Gasteiger partial charge < -0.3 is 0 Å². The first-order valence-corrected chi connectivity index (χ1v) is 5.07. The highest BCUT2D eigenvalue weighted by Crippen LogP contribution is 2.16. The largest absolute Gasteiger partial charge is 0.213 e. The second kappa shape index (κ2) is 5.14. The third kappa shape index (κ3) is 3.22. The number of rotatable bonds is 4. The summed E-state index contributed by atoms with van der Waals surface area (Å²) >= 11 is 1.61. The van der Waals surface area contributed by atoms with Crippen molar-refractivity contribution in [2.45, 2.75) is 24.8 Å². The molecule has 0 radical (unpaired) electrons. The van der Waals surface area contributed by atoms with Gasteiger partial charge in [0.25, 0.3) is 0 Å². The Balaban J connectivity index is 2.41. The SMILES string of the molecule is CCCCSc1cccc(F)n1. The van der Waals surface area contributed by atoms with E-state index in [-0.39, 0.29) is 0 Å². The zero-order valence-electron chi connectivity index (χ0n) is 7.09. The first-order chi connectivity index (χ1) is 5.83. The number of hydrogen-bond donors (Lipinski definition) is 0. The molecule has 0 aromatic carbocycles. The molecule has 0 spiro atoms. The third-order valence-corrected chi connectivity index (χ3v) is 2.45. The van der Waals surface area contributed by atoms with E-state index in [4.69, 9.17) is 0 Å². The summed E-state index contributed by atoms with van der Waals surface area (Å²) in [5.74, 6) is 0.629. The Morgan fingerprint density at radius 3 is 3.00 bits per heavy atom. The molecule has 1 rings (SSSR count). The summed E-state index contributed by atoms with van der Waals surface area (Å²) in [6, 6.07) is 4.89. The molecule has 0 fully saturated rings. The van der Waals surface area contributed by atoms with Crippen molar-refractivity contribution in [3.8, 4) is 0 Å². The minimum Gasteiger partial charge on any atom is -0.213 e. The summed E-state index contributed by atoms with van der Waals surface area (Å²) in [4.78, 5) is 3.74. The molecule has 1 aromatic rings. The minimum atomic E-state index is -0.392. The molecule has 0 unspecified atom stereocenters. The Hall–Kier alpha value is -0.570. The van der Waals surface area contributed by atoms with Crippen molar-refractivity contribution in [1.82, 2.24) is 4.98 Å². The fourth-order valence-electron chi connectivity index (χ4n) is 0.791. The molecule has 12 heavy (non-hydrogen) atoms. The molecule has 0 aliphatic heterocycles. The molecule has 1 nitrogen and oxygen atoms in total. The van der Waals surface area contributed by atoms with Crippen LogP contribution in [0.15, 0.2) is 23.2 Å². The number of pyridine rings is 1. The van der Waals surface area contributed by atoms with Crippen LogP contribution in [0.25, 0.3) is 0 Å². The van der Waals surface area contributed by atoms with Gasteiger partial charge in [-0.1, -0.05) is 19.4 Å². The topological polar surface area (TPSA) is 12.9 Å². The van der Waals surface area contributed by atoms with E-state index in [0.29, 0.717) is 0 Å². The summed E-state index contributed by atoms with van der Waals surface area (Å²) in [6.45, 7) is 2.14. The van der Waals surface area contributed by atoms with Gasteiger partial charge in [-0.3, -0.25) is 0 Å². The maximum Gasteiger partial charge on any atom is 0.213 e. The van der Waals surface area contributed by atoms with Gasteiger partial charge in [0.1, 0.15) is 0 Å². The number of aromatic nitrogens is 1. The van der Waals surface area contributed by atoms with Gasteiger partial charge in [0.2, 0.25) is 5.95 Å². The summed E-state index contributed by atoms with van der Waals surface area (Å²) in [5.41, 5.74) is 0. The van der Waals surface area contributed by atoms with E-state index in [2.05, 4.69) is 11.9 Å². The quantitative estimate of drug-likeness (QED) is 0.406. The van der Waals surface area contributed by atoms with Gasteiger partial charge in [-0.2, -0.15) is 4.39 Å². The monoisotopic (exact) mass is 185 g/mol. The molecule has 0 aliphatic rings. The molecule has 1 heterocycles. The van der Waals surface area contributed by atoms with E-state index in [1.807, 2.05) is 6.07 Å². The average molecular weight is 185 g/mol. The Kier molecular flexibility index (Phi) is 4.08. The van der Waals surface area contributed by atoms with Gasteiger partial charge in [-0.25, -0.2) is 4.98 Å². The van der Waals surface area contributed by atoms with Crippen LogP contribution in [0.1, 0.15) is 19.8 Å². The zero-order valence-corrected chi connectivity index (χ0v) is 7.90. The Morgan fingerprint density at radius 1 is 1.50 bits per heavy atom. The van der Waals surface area contributed by atoms with Crippen LogP contribution in [0.2, 0.25) is 0 Å². The number of hydrogen-bond acceptors (Lipinski definition) is 2. The summed E-state index contributed by atoms with van der Waals surface area (Å²) in [7, 11) is 0. The predicted molar refractivity (Wildman–Crippen MR) is 49.8 cm³/mol. The van der Waals surface area contributed by atoms with E-state index in [1.54, 1.807) is 17.8 Å². The molecule has 0 amide bonds. The molecular weight excluding hydrogens is 173 g/mol. The highest BCUT2D eigenvalue weighted by atomic mass is 32.2. The Morgan fingerprint density at radius 2 is 2.33 bits per heavy atom. The Bertz CT molecular complexity index is 240. The molecule has 0 N–H and O–H groups in total. The molecule has 0 bridgehead atoms. The van der Waals surface area contributed by atoms with Crippen LogP contribution in [0.3, 0.4) is 0 Å². The van der Waals surface area contributed by atoms with E-state index < -0.39 is 5.95 Å². The van der Waals surface area contributed by atoms with Crippen LogP contribution < -0.4 is 0 Å². The van der Waals surface area contributed by atoms with Crippen molar-refractivity contribution in [2.75, 3.05) is 5.75 Å². The molecule has 3 heteroatoms. The fourth-order valence-corrected chi connectivity index (χ4v) is 1.76. The lowest BCUT2D eigenvalue weighted by Gasteiger charge is -1.98. The summed E-state index contributed by atoms with van der Waals surface area (Å²) in [5, 5.41) is 0.781. The highest BCUT2D eigenvalue weighted by Gasteiger charge is 1.96. The fraction of sp³-hybridized carbons (Fsp3) is 0.444. The highest BCUT2D eigenvalue weighted by molar-refractivity contribution is 7.99. The van der Waals surface area contributed by atoms with E-state index in [9.17, 15) is 4.39 Å². The first kappa shape index (κ1) is 9.52. The number of nitrogens with zero attached hydrogens (tertiary/aromatic N) is 1. The smallest absolute Gasteiger partial charge is 0.213 e. The standard InChI is InChI=1S/C9H12FNS/c1-2-3-7-12-9-6-4-5-8(10)11-9/h4-6H,2-3,7H2,1H3. The normalized spacial score (nSPS) is 10.2. The molecule has 1 aromatic heterocycles. The molecule has 0 saturated carbocycles. The van der Waals surface area contributed by atoms with Gasteiger partial charge in [0.05, 0.1) is 5.03 Å².